The number of nitrogens with two attached hydrogens (primary N) is 1. The summed E-state index contributed by atoms with van der Waals surface area (Å²) in [5.74, 6) is 0.0145. The fraction of sp³-hybridized carbons (Fsp3) is 0.357. The zero-order valence-electron chi connectivity index (χ0n) is 12.7. The van der Waals surface area contributed by atoms with Crippen molar-refractivity contribution in [1.29, 1.82) is 0 Å². The Kier molecular flexibility index (Phi) is 4.47. The van der Waals surface area contributed by atoms with E-state index in [0.29, 0.717) is 35.5 Å². The van der Waals surface area contributed by atoms with E-state index < -0.39 is 0 Å². The van der Waals surface area contributed by atoms with E-state index in [0.717, 1.165) is 4.88 Å². The molecule has 3 rings (SSSR count). The maximum atomic E-state index is 14.9. The van der Waals surface area contributed by atoms with Gasteiger partial charge in [0.05, 0.1) is 23.1 Å². The highest BCUT2D eigenvalue weighted by Crippen LogP contribution is 2.30. The predicted octanol–water partition coefficient (Wildman–Crippen LogP) is 2.72. The molecule has 1 atom stereocenters. The minimum Gasteiger partial charge on any atom is -0.364 e. The molecule has 0 radical (unpaired) electrons. The van der Waals surface area contributed by atoms with Crippen LogP contribution in [0.4, 0.5) is 10.2 Å². The molecule has 23 heavy (non-hydrogen) atoms. The molecule has 3 aromatic rings. The van der Waals surface area contributed by atoms with Crippen molar-refractivity contribution in [1.82, 2.24) is 19.5 Å². The number of hydrogen-bond donors (Lipinski definition) is 2. The average molecular weight is 355 g/mol. The van der Waals surface area contributed by atoms with E-state index in [1.807, 2.05) is 6.92 Å². The van der Waals surface area contributed by atoms with Crippen molar-refractivity contribution in [2.24, 2.45) is 12.8 Å². The lowest BCUT2D eigenvalue weighted by molar-refractivity contribution is 0.586. The van der Waals surface area contributed by atoms with E-state index in [1.165, 1.54) is 11.3 Å². The van der Waals surface area contributed by atoms with Gasteiger partial charge in [-0.15, -0.1) is 11.3 Å². The molecule has 0 bridgehead atoms. The van der Waals surface area contributed by atoms with Crippen LogP contribution < -0.4 is 11.1 Å². The first-order chi connectivity index (χ1) is 11.0. The predicted molar refractivity (Wildman–Crippen MR) is 90.3 cm³/mol. The van der Waals surface area contributed by atoms with E-state index in [1.54, 1.807) is 23.3 Å². The lowest BCUT2D eigenvalue weighted by Crippen LogP contribution is -2.20. The fourth-order valence-electron chi connectivity index (χ4n) is 2.45. The Hall–Kier alpha value is -1.77. The summed E-state index contributed by atoms with van der Waals surface area (Å²) in [5.41, 5.74) is 8.49. The van der Waals surface area contributed by atoms with E-state index in [9.17, 15) is 4.39 Å². The van der Waals surface area contributed by atoms with Crippen LogP contribution >= 0.6 is 22.9 Å². The standard InChI is InChI=1S/C14H16ClFN6S/c1-7(17)3-9-11(16)10-12(19-5-8-4-18-6-23-8)20-14(15)21-13(10)22(9)2/h4,6-7H,3,5,17H2,1-2H3,(H,19,20,21)/t7-/m0/s1. The van der Waals surface area contributed by atoms with Crippen LogP contribution in [0.15, 0.2) is 11.7 Å². The second kappa shape index (κ2) is 6.38. The molecule has 122 valence electrons. The van der Waals surface area contributed by atoms with Gasteiger partial charge in [0, 0.05) is 30.6 Å². The van der Waals surface area contributed by atoms with E-state index in [4.69, 9.17) is 17.3 Å². The van der Waals surface area contributed by atoms with Crippen LogP contribution in [0.25, 0.3) is 11.0 Å². The zero-order valence-corrected chi connectivity index (χ0v) is 14.2. The van der Waals surface area contributed by atoms with Gasteiger partial charge in [-0.05, 0) is 18.5 Å². The number of aryl methyl sites for hydroxylation is 1. The molecule has 0 aliphatic rings. The van der Waals surface area contributed by atoms with Crippen molar-refractivity contribution in [3.8, 4) is 0 Å². The normalized spacial score (nSPS) is 12.7. The third-order valence-corrected chi connectivity index (χ3v) is 4.44. The molecule has 0 amide bonds. The SMILES string of the molecule is C[C@H](N)Cc1c(F)c2c(NCc3cncs3)nc(Cl)nc2n1C. The monoisotopic (exact) mass is 354 g/mol. The highest BCUT2D eigenvalue weighted by Gasteiger charge is 2.22. The fourth-order valence-corrected chi connectivity index (χ4v) is 3.15. The van der Waals surface area contributed by atoms with Crippen molar-refractivity contribution in [3.05, 3.63) is 33.4 Å². The molecule has 0 unspecified atom stereocenters. The minimum absolute atomic E-state index is 0.0669. The van der Waals surface area contributed by atoms with Crippen molar-refractivity contribution in [2.45, 2.75) is 25.9 Å². The number of nitrogens with one attached hydrogen (secondary N) is 1. The number of hydrogen-bond acceptors (Lipinski definition) is 6. The third-order valence-electron chi connectivity index (χ3n) is 3.49. The summed E-state index contributed by atoms with van der Waals surface area (Å²) in [6.45, 7) is 2.32. The molecule has 0 saturated heterocycles. The van der Waals surface area contributed by atoms with Crippen LogP contribution in [0.5, 0.6) is 0 Å². The van der Waals surface area contributed by atoms with Gasteiger partial charge in [-0.1, -0.05) is 0 Å². The highest BCUT2D eigenvalue weighted by molar-refractivity contribution is 7.09. The number of nitrogens with zero attached hydrogens (tertiary/aromatic N) is 4. The van der Waals surface area contributed by atoms with Gasteiger partial charge >= 0.3 is 0 Å². The van der Waals surface area contributed by atoms with E-state index in [-0.39, 0.29) is 17.1 Å². The van der Waals surface area contributed by atoms with Gasteiger partial charge < -0.3 is 15.6 Å². The number of rotatable bonds is 5. The molecule has 9 heteroatoms. The van der Waals surface area contributed by atoms with Crippen LogP contribution in [-0.2, 0) is 20.0 Å². The highest BCUT2D eigenvalue weighted by atomic mass is 35.5. The Bertz CT molecular complexity index is 830. The van der Waals surface area contributed by atoms with Gasteiger partial charge in [-0.3, -0.25) is 4.98 Å². The summed E-state index contributed by atoms with van der Waals surface area (Å²) in [7, 11) is 1.75. The van der Waals surface area contributed by atoms with Gasteiger partial charge in [0.1, 0.15) is 11.5 Å². The Morgan fingerprint density at radius 1 is 1.48 bits per heavy atom. The summed E-state index contributed by atoms with van der Waals surface area (Å²) in [6, 6.07) is -0.162. The number of anilines is 1. The first-order valence-electron chi connectivity index (χ1n) is 7.04. The molecule has 0 aromatic carbocycles. The lowest BCUT2D eigenvalue weighted by Gasteiger charge is -2.06. The van der Waals surface area contributed by atoms with Crippen LogP contribution in [0.3, 0.4) is 0 Å². The number of aromatic nitrogens is 4. The molecular formula is C14H16ClFN6S. The van der Waals surface area contributed by atoms with Crippen LogP contribution in [0.2, 0.25) is 5.28 Å². The molecule has 6 nitrogen and oxygen atoms in total. The Balaban J connectivity index is 2.06. The molecule has 0 fully saturated rings. The number of halogens is 2. The molecule has 0 aliphatic carbocycles. The minimum atomic E-state index is -0.358. The Morgan fingerprint density at radius 3 is 2.91 bits per heavy atom. The topological polar surface area (TPSA) is 81.7 Å². The van der Waals surface area contributed by atoms with Gasteiger partial charge in [0.2, 0.25) is 5.28 Å². The van der Waals surface area contributed by atoms with Gasteiger partial charge in [-0.2, -0.15) is 9.97 Å². The molecule has 3 aromatic heterocycles. The number of fused-ring (bicyclic) bond motifs is 1. The second-order valence-corrected chi connectivity index (χ2v) is 6.67. The van der Waals surface area contributed by atoms with E-state index >= 15 is 0 Å². The summed E-state index contributed by atoms with van der Waals surface area (Å²) in [5, 5.41) is 3.51. The first kappa shape index (κ1) is 16.1. The molecule has 3 N–H and O–H groups in total. The summed E-state index contributed by atoms with van der Waals surface area (Å²) in [4.78, 5) is 13.3. The number of thiazole rings is 1. The zero-order chi connectivity index (χ0) is 16.6. The van der Waals surface area contributed by atoms with Crippen molar-refractivity contribution in [3.63, 3.8) is 0 Å². The smallest absolute Gasteiger partial charge is 0.226 e. The lowest BCUT2D eigenvalue weighted by atomic mass is 10.2. The van der Waals surface area contributed by atoms with Crippen LogP contribution in [0, 0.1) is 5.82 Å². The van der Waals surface area contributed by atoms with Crippen molar-refractivity contribution < 1.29 is 4.39 Å². The summed E-state index contributed by atoms with van der Waals surface area (Å²) >= 11 is 7.50. The summed E-state index contributed by atoms with van der Waals surface area (Å²) in [6.07, 6.45) is 2.16. The largest absolute Gasteiger partial charge is 0.364 e. The van der Waals surface area contributed by atoms with Gasteiger partial charge in [-0.25, -0.2) is 4.39 Å². The molecule has 0 saturated carbocycles. The molecule has 0 spiro atoms. The van der Waals surface area contributed by atoms with Crippen LogP contribution in [0.1, 0.15) is 17.5 Å². The van der Waals surface area contributed by atoms with Gasteiger partial charge in [0.25, 0.3) is 0 Å². The third kappa shape index (κ3) is 3.15. The maximum absolute atomic E-state index is 14.9. The Labute approximate surface area is 141 Å². The second-order valence-electron chi connectivity index (χ2n) is 5.36. The first-order valence-corrected chi connectivity index (χ1v) is 8.30. The quantitative estimate of drug-likeness (QED) is 0.688. The molecular weight excluding hydrogens is 339 g/mol. The van der Waals surface area contributed by atoms with Crippen molar-refractivity contribution >= 4 is 39.8 Å². The summed E-state index contributed by atoms with van der Waals surface area (Å²) < 4.78 is 16.5. The van der Waals surface area contributed by atoms with Crippen LogP contribution in [-0.4, -0.2) is 25.6 Å². The molecule has 3 heterocycles. The Morgan fingerprint density at radius 2 is 2.26 bits per heavy atom. The molecule has 0 aliphatic heterocycles. The maximum Gasteiger partial charge on any atom is 0.226 e. The van der Waals surface area contributed by atoms with Crippen molar-refractivity contribution in [2.75, 3.05) is 5.32 Å². The van der Waals surface area contributed by atoms with E-state index in [2.05, 4.69) is 20.3 Å². The average Bonchev–Trinajstić information content (AvgIpc) is 3.08. The van der Waals surface area contributed by atoms with Gasteiger partial charge in [0.15, 0.2) is 5.82 Å².